The quantitative estimate of drug-likeness (QED) is 0.626. The highest BCUT2D eigenvalue weighted by Crippen LogP contribution is 2.24. The zero-order valence-electron chi connectivity index (χ0n) is 12.6. The first-order valence-corrected chi connectivity index (χ1v) is 10.2. The zero-order valence-corrected chi connectivity index (χ0v) is 15.1. The van der Waals surface area contributed by atoms with Crippen LogP contribution in [0.15, 0.2) is 51.4 Å². The maximum absolute atomic E-state index is 12.9. The Morgan fingerprint density at radius 2 is 1.92 bits per heavy atom. The molecule has 2 heterocycles. The molecular formula is C15H12FN3O3S3. The molecule has 0 unspecified atom stereocenters. The number of benzene rings is 1. The summed E-state index contributed by atoms with van der Waals surface area (Å²) in [6.45, 7) is 0. The minimum absolute atomic E-state index is 0.0787. The van der Waals surface area contributed by atoms with Gasteiger partial charge in [-0.1, -0.05) is 6.07 Å². The van der Waals surface area contributed by atoms with Gasteiger partial charge in [-0.3, -0.25) is 10.2 Å². The molecule has 130 valence electrons. The fourth-order valence-electron chi connectivity index (χ4n) is 1.91. The Morgan fingerprint density at radius 3 is 2.60 bits per heavy atom. The van der Waals surface area contributed by atoms with Gasteiger partial charge in [0, 0.05) is 10.9 Å². The van der Waals surface area contributed by atoms with Crippen LogP contribution in [-0.2, 0) is 21.2 Å². The van der Waals surface area contributed by atoms with Gasteiger partial charge >= 0.3 is 0 Å². The van der Waals surface area contributed by atoms with Crippen molar-refractivity contribution in [3.63, 3.8) is 0 Å². The Morgan fingerprint density at radius 1 is 1.16 bits per heavy atom. The Labute approximate surface area is 151 Å². The molecule has 0 bridgehead atoms. The molecule has 0 aliphatic heterocycles. The Balaban J connectivity index is 1.59. The summed E-state index contributed by atoms with van der Waals surface area (Å²) in [5.41, 5.74) is 3.41. The number of aromatic nitrogens is 1. The van der Waals surface area contributed by atoms with Gasteiger partial charge < -0.3 is 0 Å². The second kappa shape index (κ2) is 7.40. The zero-order chi connectivity index (χ0) is 17.9. The molecule has 3 rings (SSSR count). The maximum Gasteiger partial charge on any atom is 0.266 e. The molecule has 0 spiro atoms. The molecule has 0 aliphatic rings. The van der Waals surface area contributed by atoms with Crippen LogP contribution in [0.5, 0.6) is 0 Å². The van der Waals surface area contributed by atoms with Crippen molar-refractivity contribution < 1.29 is 17.6 Å². The lowest BCUT2D eigenvalue weighted by molar-refractivity contribution is -0.120. The van der Waals surface area contributed by atoms with Crippen LogP contribution in [0.2, 0.25) is 0 Å². The van der Waals surface area contributed by atoms with Crippen LogP contribution in [0.3, 0.4) is 0 Å². The van der Waals surface area contributed by atoms with Gasteiger partial charge in [0.05, 0.1) is 12.1 Å². The summed E-state index contributed by atoms with van der Waals surface area (Å²) in [7, 11) is -3.76. The van der Waals surface area contributed by atoms with E-state index in [1.165, 1.54) is 29.5 Å². The predicted octanol–water partition coefficient (Wildman–Crippen LogP) is 2.56. The van der Waals surface area contributed by atoms with E-state index in [1.54, 1.807) is 29.0 Å². The van der Waals surface area contributed by atoms with Gasteiger partial charge in [-0.15, -0.1) is 27.5 Å². The van der Waals surface area contributed by atoms with E-state index in [4.69, 9.17) is 0 Å². The van der Waals surface area contributed by atoms with Crippen molar-refractivity contribution in [2.75, 3.05) is 0 Å². The third-order valence-corrected chi connectivity index (χ3v) is 6.65. The van der Waals surface area contributed by atoms with Crippen LogP contribution < -0.4 is 10.3 Å². The Kier molecular flexibility index (Phi) is 5.23. The van der Waals surface area contributed by atoms with Crippen molar-refractivity contribution in [2.24, 2.45) is 0 Å². The van der Waals surface area contributed by atoms with E-state index in [0.717, 1.165) is 16.9 Å². The van der Waals surface area contributed by atoms with Gasteiger partial charge in [0.1, 0.15) is 15.0 Å². The Hall–Kier alpha value is -2.14. The molecule has 1 amide bonds. The largest absolute Gasteiger partial charge is 0.277 e. The number of halogens is 1. The van der Waals surface area contributed by atoms with Crippen molar-refractivity contribution in [2.45, 2.75) is 10.6 Å². The summed E-state index contributed by atoms with van der Waals surface area (Å²) in [5.74, 6) is -0.867. The lowest BCUT2D eigenvalue weighted by atomic mass is 10.2. The summed E-state index contributed by atoms with van der Waals surface area (Å²) in [4.78, 5) is 18.2. The fourth-order valence-corrected chi connectivity index (χ4v) is 4.59. The molecule has 0 radical (unpaired) electrons. The number of hydrazine groups is 1. The molecule has 1 aromatic carbocycles. The van der Waals surface area contributed by atoms with Gasteiger partial charge in [-0.05, 0) is 35.7 Å². The van der Waals surface area contributed by atoms with Gasteiger partial charge in [0.15, 0.2) is 0 Å². The van der Waals surface area contributed by atoms with E-state index >= 15 is 0 Å². The highest BCUT2D eigenvalue weighted by Gasteiger charge is 2.16. The standard InChI is InChI=1S/C15H12FN3O3S3/c16-11-5-3-10(4-6-11)15-17-12(9-24-15)8-13(20)18-19-25(21,22)14-2-1-7-23-14/h1-7,9,19H,8H2,(H,18,20). The van der Waals surface area contributed by atoms with Gasteiger partial charge in [0.25, 0.3) is 10.0 Å². The number of thiophene rings is 1. The number of hydrogen-bond donors (Lipinski definition) is 2. The van der Waals surface area contributed by atoms with Crippen LogP contribution >= 0.6 is 22.7 Å². The molecule has 0 fully saturated rings. The minimum Gasteiger partial charge on any atom is -0.277 e. The van der Waals surface area contributed by atoms with E-state index in [2.05, 4.69) is 10.4 Å². The van der Waals surface area contributed by atoms with Gasteiger partial charge in [0.2, 0.25) is 5.91 Å². The van der Waals surface area contributed by atoms with E-state index in [-0.39, 0.29) is 16.4 Å². The second-order valence-electron chi connectivity index (χ2n) is 4.91. The molecule has 0 aliphatic carbocycles. The second-order valence-corrected chi connectivity index (χ2v) is 8.63. The van der Waals surface area contributed by atoms with Crippen LogP contribution in [0.1, 0.15) is 5.69 Å². The normalized spacial score (nSPS) is 11.4. The molecule has 0 atom stereocenters. The SMILES string of the molecule is O=C(Cc1csc(-c2ccc(F)cc2)n1)NNS(=O)(=O)c1cccs1. The van der Waals surface area contributed by atoms with Crippen molar-refractivity contribution in [3.05, 3.63) is 58.7 Å². The molecule has 2 N–H and O–H groups in total. The lowest BCUT2D eigenvalue weighted by Gasteiger charge is -2.05. The number of amides is 1. The van der Waals surface area contributed by atoms with Gasteiger partial charge in [-0.2, -0.15) is 0 Å². The van der Waals surface area contributed by atoms with E-state index < -0.39 is 15.9 Å². The number of nitrogens with zero attached hydrogens (tertiary/aromatic N) is 1. The molecule has 25 heavy (non-hydrogen) atoms. The number of nitrogens with one attached hydrogen (secondary N) is 2. The van der Waals surface area contributed by atoms with Crippen LogP contribution in [0, 0.1) is 5.82 Å². The maximum atomic E-state index is 12.9. The van der Waals surface area contributed by atoms with Crippen molar-refractivity contribution in [1.82, 2.24) is 15.2 Å². The third-order valence-electron chi connectivity index (χ3n) is 3.07. The lowest BCUT2D eigenvalue weighted by Crippen LogP contribution is -2.42. The van der Waals surface area contributed by atoms with E-state index in [0.29, 0.717) is 10.7 Å². The molecule has 0 saturated carbocycles. The first kappa shape index (κ1) is 17.7. The van der Waals surface area contributed by atoms with Crippen LogP contribution in [-0.4, -0.2) is 19.3 Å². The average Bonchev–Trinajstić information content (AvgIpc) is 3.26. The number of thiazole rings is 1. The van der Waals surface area contributed by atoms with Crippen molar-refractivity contribution in [1.29, 1.82) is 0 Å². The third kappa shape index (κ3) is 4.48. The molecular weight excluding hydrogens is 385 g/mol. The predicted molar refractivity (Wildman–Crippen MR) is 94.0 cm³/mol. The Bertz CT molecular complexity index is 967. The summed E-state index contributed by atoms with van der Waals surface area (Å²) >= 11 is 2.37. The van der Waals surface area contributed by atoms with Crippen LogP contribution in [0.25, 0.3) is 10.6 Å². The molecule has 2 aromatic heterocycles. The number of carbonyl (C=O) groups excluding carboxylic acids is 1. The summed E-state index contributed by atoms with van der Waals surface area (Å²) < 4.78 is 36.9. The van der Waals surface area contributed by atoms with E-state index in [1.807, 2.05) is 4.83 Å². The monoisotopic (exact) mass is 397 g/mol. The van der Waals surface area contributed by atoms with Crippen LogP contribution in [0.4, 0.5) is 4.39 Å². The number of carbonyl (C=O) groups is 1. The fraction of sp³-hybridized carbons (Fsp3) is 0.0667. The van der Waals surface area contributed by atoms with E-state index in [9.17, 15) is 17.6 Å². The highest BCUT2D eigenvalue weighted by atomic mass is 32.2. The molecule has 0 saturated heterocycles. The smallest absolute Gasteiger partial charge is 0.266 e. The first-order valence-electron chi connectivity index (χ1n) is 6.98. The average molecular weight is 397 g/mol. The van der Waals surface area contributed by atoms with Gasteiger partial charge in [-0.25, -0.2) is 17.8 Å². The molecule has 6 nitrogen and oxygen atoms in total. The highest BCUT2D eigenvalue weighted by molar-refractivity contribution is 7.91. The van der Waals surface area contributed by atoms with Crippen molar-refractivity contribution >= 4 is 38.6 Å². The first-order chi connectivity index (χ1) is 11.9. The minimum atomic E-state index is -3.76. The number of sulfonamides is 1. The number of rotatable bonds is 6. The summed E-state index contributed by atoms with van der Waals surface area (Å²) in [6.07, 6.45) is -0.0787. The summed E-state index contributed by atoms with van der Waals surface area (Å²) in [5, 5.41) is 3.98. The molecule has 10 heteroatoms. The summed E-state index contributed by atoms with van der Waals surface area (Å²) in [6, 6.07) is 8.92. The van der Waals surface area contributed by atoms with Crippen molar-refractivity contribution in [3.8, 4) is 10.6 Å². The topological polar surface area (TPSA) is 88.2 Å². The number of hydrogen-bond acceptors (Lipinski definition) is 6. The molecule has 3 aromatic rings.